The molecular weight excluding hydrogens is 356 g/mol. The normalized spacial score (nSPS) is 16.2. The van der Waals surface area contributed by atoms with Gasteiger partial charge in [-0.3, -0.25) is 4.79 Å². The van der Waals surface area contributed by atoms with Crippen LogP contribution in [0.1, 0.15) is 43.7 Å². The van der Waals surface area contributed by atoms with Gasteiger partial charge in [-0.1, -0.05) is 73.3 Å². The molecule has 4 heteroatoms. The third kappa shape index (κ3) is 3.98. The average Bonchev–Trinajstić information content (AvgIpc) is 2.71. The Morgan fingerprint density at radius 2 is 1.70 bits per heavy atom. The second-order valence-electron chi connectivity index (χ2n) is 7.27. The molecule has 3 aromatic rings. The third-order valence-electron chi connectivity index (χ3n) is 5.44. The van der Waals surface area contributed by atoms with E-state index in [4.69, 9.17) is 16.7 Å². The zero-order valence-electron chi connectivity index (χ0n) is 15.2. The molecule has 0 saturated heterocycles. The van der Waals surface area contributed by atoms with Gasteiger partial charge in [-0.25, -0.2) is 4.68 Å². The fourth-order valence-electron chi connectivity index (χ4n) is 4.14. The summed E-state index contributed by atoms with van der Waals surface area (Å²) in [6, 6.07) is 21.2. The molecule has 1 aliphatic carbocycles. The zero-order valence-corrected chi connectivity index (χ0v) is 16.0. The summed E-state index contributed by atoms with van der Waals surface area (Å²) >= 11 is 6.27. The molecular formula is C23H23ClN2O. The van der Waals surface area contributed by atoms with Gasteiger partial charge >= 0.3 is 0 Å². The summed E-state index contributed by atoms with van der Waals surface area (Å²) < 4.78 is 1.68. The van der Waals surface area contributed by atoms with E-state index in [1.165, 1.54) is 19.3 Å². The van der Waals surface area contributed by atoms with Crippen LogP contribution in [0.5, 0.6) is 0 Å². The Kier molecular flexibility index (Phi) is 5.40. The van der Waals surface area contributed by atoms with Crippen LogP contribution < -0.4 is 5.56 Å². The highest BCUT2D eigenvalue weighted by Gasteiger charge is 2.28. The lowest BCUT2D eigenvalue weighted by atomic mass is 9.81. The van der Waals surface area contributed by atoms with Crippen molar-refractivity contribution in [1.29, 1.82) is 0 Å². The second-order valence-corrected chi connectivity index (χ2v) is 7.70. The maximum atomic E-state index is 12.8. The average molecular weight is 379 g/mol. The van der Waals surface area contributed by atoms with Crippen LogP contribution in [0, 0.1) is 5.92 Å². The van der Waals surface area contributed by atoms with Crippen molar-refractivity contribution in [2.75, 3.05) is 0 Å². The number of halogens is 1. The summed E-state index contributed by atoms with van der Waals surface area (Å²) in [7, 11) is 0. The topological polar surface area (TPSA) is 34.9 Å². The Labute approximate surface area is 164 Å². The molecule has 1 aliphatic rings. The quantitative estimate of drug-likeness (QED) is 0.580. The molecule has 0 spiro atoms. The van der Waals surface area contributed by atoms with E-state index in [9.17, 15) is 4.79 Å². The number of hydrogen-bond acceptors (Lipinski definition) is 2. The molecule has 3 nitrogen and oxygen atoms in total. The van der Waals surface area contributed by atoms with E-state index in [0.29, 0.717) is 10.9 Å². The largest absolute Gasteiger partial charge is 0.268 e. The van der Waals surface area contributed by atoms with Gasteiger partial charge in [-0.2, -0.15) is 5.10 Å². The van der Waals surface area contributed by atoms with E-state index < -0.39 is 0 Å². The second kappa shape index (κ2) is 8.10. The van der Waals surface area contributed by atoms with Crippen LogP contribution in [0.25, 0.3) is 11.3 Å². The molecule has 1 fully saturated rings. The van der Waals surface area contributed by atoms with E-state index in [2.05, 4.69) is 6.07 Å². The number of rotatable bonds is 4. The van der Waals surface area contributed by atoms with Crippen molar-refractivity contribution < 1.29 is 0 Å². The van der Waals surface area contributed by atoms with Gasteiger partial charge in [0.2, 0.25) is 0 Å². The van der Waals surface area contributed by atoms with E-state index in [1.807, 2.05) is 54.6 Å². The Morgan fingerprint density at radius 3 is 2.44 bits per heavy atom. The highest BCUT2D eigenvalue weighted by molar-refractivity contribution is 6.30. The smallest absolute Gasteiger partial charge is 0.267 e. The van der Waals surface area contributed by atoms with Gasteiger partial charge in [0.05, 0.1) is 11.7 Å². The highest BCUT2D eigenvalue weighted by Crippen LogP contribution is 2.37. The summed E-state index contributed by atoms with van der Waals surface area (Å²) in [5, 5.41) is 5.48. The number of nitrogens with zero attached hydrogens (tertiary/aromatic N) is 2. The maximum absolute atomic E-state index is 12.8. The van der Waals surface area contributed by atoms with Crippen LogP contribution >= 0.6 is 11.6 Å². The maximum Gasteiger partial charge on any atom is 0.267 e. The minimum Gasteiger partial charge on any atom is -0.268 e. The van der Waals surface area contributed by atoms with Crippen molar-refractivity contribution in [3.63, 3.8) is 0 Å². The number of aromatic nitrogens is 2. The lowest BCUT2D eigenvalue weighted by Gasteiger charge is -2.31. The van der Waals surface area contributed by atoms with Crippen LogP contribution in [-0.2, 0) is 0 Å². The standard InChI is InChI=1S/C23H23ClN2O/c24-20-13-7-12-19(16-20)23(18-10-5-2-6-11-18)26-22(27)15-14-21(25-26)17-8-3-1-4-9-17/h1,3-4,7-9,12-16,18,23H,2,5-6,10-11H2. The predicted octanol–water partition coefficient (Wildman–Crippen LogP) is 5.73. The number of hydrogen-bond donors (Lipinski definition) is 0. The summed E-state index contributed by atoms with van der Waals surface area (Å²) in [6.45, 7) is 0. The lowest BCUT2D eigenvalue weighted by molar-refractivity contribution is 0.260. The summed E-state index contributed by atoms with van der Waals surface area (Å²) in [5.74, 6) is 0.397. The van der Waals surface area contributed by atoms with Gasteiger partial charge in [0, 0.05) is 16.7 Å². The van der Waals surface area contributed by atoms with Crippen LogP contribution in [-0.4, -0.2) is 9.78 Å². The molecule has 4 rings (SSSR count). The van der Waals surface area contributed by atoms with Gasteiger partial charge in [-0.05, 0) is 42.5 Å². The van der Waals surface area contributed by atoms with Crippen molar-refractivity contribution in [1.82, 2.24) is 9.78 Å². The van der Waals surface area contributed by atoms with Gasteiger partial charge in [0.15, 0.2) is 0 Å². The Bertz CT molecular complexity index is 961. The molecule has 0 amide bonds. The first kappa shape index (κ1) is 18.0. The van der Waals surface area contributed by atoms with E-state index in [1.54, 1.807) is 10.7 Å². The monoisotopic (exact) mass is 378 g/mol. The molecule has 0 radical (unpaired) electrons. The Balaban J connectivity index is 1.83. The van der Waals surface area contributed by atoms with Gasteiger partial charge in [0.25, 0.3) is 5.56 Å². The molecule has 138 valence electrons. The fourth-order valence-corrected chi connectivity index (χ4v) is 4.34. The third-order valence-corrected chi connectivity index (χ3v) is 5.68. The molecule has 0 N–H and O–H groups in total. The molecule has 0 aliphatic heterocycles. The van der Waals surface area contributed by atoms with Crippen molar-refractivity contribution in [3.8, 4) is 11.3 Å². The van der Waals surface area contributed by atoms with Crippen LogP contribution in [0.4, 0.5) is 0 Å². The zero-order chi connectivity index (χ0) is 18.6. The molecule has 1 aromatic heterocycles. The van der Waals surface area contributed by atoms with E-state index in [0.717, 1.165) is 29.7 Å². The molecule has 1 saturated carbocycles. The van der Waals surface area contributed by atoms with Crippen molar-refractivity contribution in [2.45, 2.75) is 38.1 Å². The van der Waals surface area contributed by atoms with E-state index >= 15 is 0 Å². The highest BCUT2D eigenvalue weighted by atomic mass is 35.5. The molecule has 1 atom stereocenters. The Hall–Kier alpha value is -2.39. The van der Waals surface area contributed by atoms with Gasteiger partial charge < -0.3 is 0 Å². The van der Waals surface area contributed by atoms with Crippen LogP contribution in [0.3, 0.4) is 0 Å². The van der Waals surface area contributed by atoms with Crippen molar-refractivity contribution in [3.05, 3.63) is 87.7 Å². The van der Waals surface area contributed by atoms with E-state index in [-0.39, 0.29) is 11.6 Å². The van der Waals surface area contributed by atoms with Gasteiger partial charge in [-0.15, -0.1) is 0 Å². The van der Waals surface area contributed by atoms with Gasteiger partial charge in [0.1, 0.15) is 0 Å². The summed E-state index contributed by atoms with van der Waals surface area (Å²) in [5.41, 5.74) is 2.83. The molecule has 2 aromatic carbocycles. The molecule has 1 heterocycles. The molecule has 1 unspecified atom stereocenters. The SMILES string of the molecule is O=c1ccc(-c2ccccc2)nn1C(c1cccc(Cl)c1)C1CCCCC1. The minimum atomic E-state index is -0.0832. The Morgan fingerprint density at radius 1 is 0.926 bits per heavy atom. The molecule has 27 heavy (non-hydrogen) atoms. The van der Waals surface area contributed by atoms with Crippen LogP contribution in [0.15, 0.2) is 71.5 Å². The first-order valence-electron chi connectivity index (χ1n) is 9.63. The van der Waals surface area contributed by atoms with Crippen molar-refractivity contribution in [2.24, 2.45) is 5.92 Å². The predicted molar refractivity (Wildman–Crippen MR) is 110 cm³/mol. The van der Waals surface area contributed by atoms with Crippen molar-refractivity contribution >= 4 is 11.6 Å². The first-order chi connectivity index (χ1) is 13.2. The minimum absolute atomic E-state index is 0.0646. The fraction of sp³-hybridized carbons (Fsp3) is 0.304. The van der Waals surface area contributed by atoms with Crippen LogP contribution in [0.2, 0.25) is 5.02 Å². The lowest BCUT2D eigenvalue weighted by Crippen LogP contribution is -2.33. The summed E-state index contributed by atoms with van der Waals surface area (Å²) in [6.07, 6.45) is 5.90. The summed E-state index contributed by atoms with van der Waals surface area (Å²) in [4.78, 5) is 12.8. The number of benzene rings is 2. The molecule has 0 bridgehead atoms. The first-order valence-corrected chi connectivity index (χ1v) is 10.0.